The predicted molar refractivity (Wildman–Crippen MR) is 49.9 cm³/mol. The first-order valence-electron chi connectivity index (χ1n) is 3.61. The molecule has 0 unspecified atom stereocenters. The van der Waals surface area contributed by atoms with E-state index in [9.17, 15) is 0 Å². The highest BCUT2D eigenvalue weighted by Gasteiger charge is 1.92. The molecule has 0 spiro atoms. The maximum atomic E-state index is 8.97. The minimum absolute atomic E-state index is 0.284. The van der Waals surface area contributed by atoms with E-state index in [-0.39, 0.29) is 5.75 Å². The van der Waals surface area contributed by atoms with E-state index in [1.807, 2.05) is 17.5 Å². The number of thiocyanates is 1. The summed E-state index contributed by atoms with van der Waals surface area (Å²) in [6, 6.07) is 7.05. The van der Waals surface area contributed by atoms with Gasteiger partial charge in [0.25, 0.3) is 0 Å². The maximum absolute atomic E-state index is 8.97. The number of phenolic OH excluding ortho intramolecular Hbond substituents is 1. The average Bonchev–Trinajstić information content (AvgIpc) is 2.09. The number of aryl methyl sites for hydroxylation is 1. The Labute approximate surface area is 75.8 Å². The smallest absolute Gasteiger partial charge is 0.133 e. The van der Waals surface area contributed by atoms with Crippen LogP contribution in [0.25, 0.3) is 0 Å². The quantitative estimate of drug-likeness (QED) is 0.571. The molecule has 0 heterocycles. The third kappa shape index (κ3) is 2.85. The van der Waals surface area contributed by atoms with Gasteiger partial charge in [-0.2, -0.15) is 5.26 Å². The normalized spacial score (nSPS) is 9.25. The number of hydrogen-bond acceptors (Lipinski definition) is 3. The Kier molecular flexibility index (Phi) is 3.49. The van der Waals surface area contributed by atoms with E-state index in [1.165, 1.54) is 11.8 Å². The van der Waals surface area contributed by atoms with Gasteiger partial charge in [0.1, 0.15) is 11.2 Å². The molecule has 2 nitrogen and oxygen atoms in total. The van der Waals surface area contributed by atoms with Crippen molar-refractivity contribution < 1.29 is 5.11 Å². The molecule has 0 aromatic heterocycles. The molecule has 1 N–H and O–H groups in total. The molecule has 3 heteroatoms. The summed E-state index contributed by atoms with van der Waals surface area (Å²) in [6.07, 6.45) is 0.874. The van der Waals surface area contributed by atoms with Gasteiger partial charge >= 0.3 is 0 Å². The molecule has 0 aliphatic rings. The minimum Gasteiger partial charge on any atom is -0.508 e. The van der Waals surface area contributed by atoms with E-state index in [0.717, 1.165) is 17.7 Å². The van der Waals surface area contributed by atoms with Crippen molar-refractivity contribution >= 4 is 11.8 Å². The van der Waals surface area contributed by atoms with Gasteiger partial charge in [-0.05, 0) is 35.9 Å². The van der Waals surface area contributed by atoms with E-state index in [2.05, 4.69) is 0 Å². The molecule has 12 heavy (non-hydrogen) atoms. The molecular weight excluding hydrogens is 170 g/mol. The molecule has 0 saturated carbocycles. The molecule has 0 radical (unpaired) electrons. The number of benzene rings is 1. The Balaban J connectivity index is 2.43. The zero-order valence-electron chi connectivity index (χ0n) is 6.53. The van der Waals surface area contributed by atoms with Crippen LogP contribution in [0.2, 0.25) is 0 Å². The maximum Gasteiger partial charge on any atom is 0.133 e. The van der Waals surface area contributed by atoms with Gasteiger partial charge in [-0.15, -0.1) is 0 Å². The van der Waals surface area contributed by atoms with Crippen molar-refractivity contribution in [3.05, 3.63) is 29.8 Å². The average molecular weight is 179 g/mol. The molecule has 0 saturated heterocycles. The van der Waals surface area contributed by atoms with Gasteiger partial charge in [-0.3, -0.25) is 0 Å². The van der Waals surface area contributed by atoms with Crippen LogP contribution in [0.15, 0.2) is 24.3 Å². The Hall–Kier alpha value is -1.14. The standard InChI is InChI=1S/C9H9NOS/c10-7-12-6-5-8-1-3-9(11)4-2-8/h1-4,11H,5-6H2. The van der Waals surface area contributed by atoms with Crippen molar-refractivity contribution in [3.8, 4) is 11.2 Å². The molecule has 0 fully saturated rings. The molecular formula is C9H9NOS. The third-order valence-corrected chi connectivity index (χ3v) is 2.03. The van der Waals surface area contributed by atoms with Crippen molar-refractivity contribution in [2.75, 3.05) is 5.75 Å². The molecule has 0 aliphatic heterocycles. The van der Waals surface area contributed by atoms with Gasteiger partial charge < -0.3 is 5.11 Å². The topological polar surface area (TPSA) is 44.0 Å². The van der Waals surface area contributed by atoms with E-state index in [4.69, 9.17) is 10.4 Å². The molecule has 1 aromatic carbocycles. The SMILES string of the molecule is N#CSCCc1ccc(O)cc1. The zero-order valence-corrected chi connectivity index (χ0v) is 7.34. The lowest BCUT2D eigenvalue weighted by Crippen LogP contribution is -1.85. The first kappa shape index (κ1) is 8.95. The van der Waals surface area contributed by atoms with E-state index in [1.54, 1.807) is 12.1 Å². The van der Waals surface area contributed by atoms with E-state index in [0.29, 0.717) is 0 Å². The molecule has 0 atom stereocenters. The van der Waals surface area contributed by atoms with Gasteiger partial charge in [0, 0.05) is 5.75 Å². The number of hydrogen-bond donors (Lipinski definition) is 1. The predicted octanol–water partition coefficient (Wildman–Crippen LogP) is 2.15. The van der Waals surface area contributed by atoms with Crippen molar-refractivity contribution in [1.29, 1.82) is 5.26 Å². The Bertz CT molecular complexity index is 276. The lowest BCUT2D eigenvalue weighted by Gasteiger charge is -1.97. The van der Waals surface area contributed by atoms with Crippen molar-refractivity contribution in [3.63, 3.8) is 0 Å². The van der Waals surface area contributed by atoms with Gasteiger partial charge in [0.2, 0.25) is 0 Å². The number of phenols is 1. The molecule has 0 amide bonds. The van der Waals surface area contributed by atoms with Crippen LogP contribution in [0.3, 0.4) is 0 Å². The number of rotatable bonds is 3. The number of nitriles is 1. The lowest BCUT2D eigenvalue weighted by molar-refractivity contribution is 0.475. The van der Waals surface area contributed by atoms with Crippen LogP contribution >= 0.6 is 11.8 Å². The van der Waals surface area contributed by atoms with Gasteiger partial charge in [0.15, 0.2) is 0 Å². The summed E-state index contributed by atoms with van der Waals surface area (Å²) in [7, 11) is 0. The summed E-state index contributed by atoms with van der Waals surface area (Å²) in [6.45, 7) is 0. The third-order valence-electron chi connectivity index (χ3n) is 1.49. The Morgan fingerprint density at radius 3 is 2.58 bits per heavy atom. The number of thioether (sulfide) groups is 1. The molecule has 62 valence electrons. The second-order valence-electron chi connectivity index (χ2n) is 2.36. The van der Waals surface area contributed by atoms with Crippen LogP contribution in [-0.2, 0) is 6.42 Å². The fraction of sp³-hybridized carbons (Fsp3) is 0.222. The lowest BCUT2D eigenvalue weighted by atomic mass is 10.2. The van der Waals surface area contributed by atoms with Crippen molar-refractivity contribution in [1.82, 2.24) is 0 Å². The van der Waals surface area contributed by atoms with E-state index >= 15 is 0 Å². The largest absolute Gasteiger partial charge is 0.508 e. The Morgan fingerprint density at radius 1 is 1.33 bits per heavy atom. The summed E-state index contributed by atoms with van der Waals surface area (Å²) in [5, 5.41) is 19.2. The monoisotopic (exact) mass is 179 g/mol. The molecule has 0 aliphatic carbocycles. The first-order chi connectivity index (χ1) is 5.83. The van der Waals surface area contributed by atoms with Crippen molar-refractivity contribution in [2.45, 2.75) is 6.42 Å². The highest BCUT2D eigenvalue weighted by Crippen LogP contribution is 2.11. The van der Waals surface area contributed by atoms with Crippen LogP contribution in [0.4, 0.5) is 0 Å². The van der Waals surface area contributed by atoms with Crippen LogP contribution in [0, 0.1) is 10.7 Å². The highest BCUT2D eigenvalue weighted by atomic mass is 32.2. The van der Waals surface area contributed by atoms with Gasteiger partial charge in [-0.1, -0.05) is 12.1 Å². The van der Waals surface area contributed by atoms with Crippen LogP contribution in [-0.4, -0.2) is 10.9 Å². The number of nitrogens with zero attached hydrogens (tertiary/aromatic N) is 1. The summed E-state index contributed by atoms with van der Waals surface area (Å²) < 4.78 is 0. The number of aromatic hydroxyl groups is 1. The Morgan fingerprint density at radius 2 is 2.00 bits per heavy atom. The van der Waals surface area contributed by atoms with Crippen molar-refractivity contribution in [2.24, 2.45) is 0 Å². The summed E-state index contributed by atoms with van der Waals surface area (Å²) in [5.41, 5.74) is 1.15. The van der Waals surface area contributed by atoms with Gasteiger partial charge in [-0.25, -0.2) is 0 Å². The molecule has 1 rings (SSSR count). The van der Waals surface area contributed by atoms with Gasteiger partial charge in [0.05, 0.1) is 0 Å². The zero-order chi connectivity index (χ0) is 8.81. The van der Waals surface area contributed by atoms with Crippen LogP contribution < -0.4 is 0 Å². The van der Waals surface area contributed by atoms with Crippen LogP contribution in [0.5, 0.6) is 5.75 Å². The minimum atomic E-state index is 0.284. The summed E-state index contributed by atoms with van der Waals surface area (Å²) in [5.74, 6) is 1.09. The first-order valence-corrected chi connectivity index (χ1v) is 4.60. The fourth-order valence-electron chi connectivity index (χ4n) is 0.877. The highest BCUT2D eigenvalue weighted by molar-refractivity contribution is 8.03. The summed E-state index contributed by atoms with van der Waals surface area (Å²) >= 11 is 1.25. The summed E-state index contributed by atoms with van der Waals surface area (Å²) in [4.78, 5) is 0. The second kappa shape index (κ2) is 4.68. The second-order valence-corrected chi connectivity index (χ2v) is 3.24. The fourth-order valence-corrected chi connectivity index (χ4v) is 1.31. The molecule has 0 bridgehead atoms. The van der Waals surface area contributed by atoms with Crippen LogP contribution in [0.1, 0.15) is 5.56 Å². The van der Waals surface area contributed by atoms with E-state index < -0.39 is 0 Å². The molecule has 1 aromatic rings.